The Labute approximate surface area is 159 Å². The molecular weight excluding hydrogens is 345 g/mol. The van der Waals surface area contributed by atoms with Gasteiger partial charge in [-0.05, 0) is 60.7 Å². The Morgan fingerprint density at radius 3 is 2.33 bits per heavy atom. The van der Waals surface area contributed by atoms with Crippen molar-refractivity contribution in [2.24, 2.45) is 5.92 Å². The van der Waals surface area contributed by atoms with Gasteiger partial charge in [0.05, 0.1) is 12.0 Å². The highest BCUT2D eigenvalue weighted by Gasteiger charge is 2.41. The first kappa shape index (κ1) is 19.4. The average molecular weight is 371 g/mol. The summed E-state index contributed by atoms with van der Waals surface area (Å²) in [6.45, 7) is 5.85. The van der Waals surface area contributed by atoms with Gasteiger partial charge < -0.3 is 14.8 Å². The van der Waals surface area contributed by atoms with Gasteiger partial charge in [0.15, 0.2) is 0 Å². The molecule has 1 heterocycles. The molecule has 4 nitrogen and oxygen atoms in total. The van der Waals surface area contributed by atoms with E-state index in [2.05, 4.69) is 19.2 Å². The van der Waals surface area contributed by atoms with Gasteiger partial charge in [-0.3, -0.25) is 4.79 Å². The first-order valence-corrected chi connectivity index (χ1v) is 9.38. The summed E-state index contributed by atoms with van der Waals surface area (Å²) in [6.07, 6.45) is 1.14. The van der Waals surface area contributed by atoms with Crippen molar-refractivity contribution >= 4 is 11.6 Å². The van der Waals surface area contributed by atoms with Gasteiger partial charge in [-0.1, -0.05) is 26.0 Å². The van der Waals surface area contributed by atoms with E-state index >= 15 is 0 Å². The molecule has 5 heteroatoms. The number of hydrogen-bond acceptors (Lipinski definition) is 3. The number of carbonyl (C=O) groups excluding carboxylic acids is 1. The minimum Gasteiger partial charge on any atom is -0.493 e. The van der Waals surface area contributed by atoms with Crippen LogP contribution in [-0.4, -0.2) is 25.7 Å². The standard InChI is InChI=1S/C22H26FNO3/c1-16(2)15-27-20-9-7-19(8-10-20)24-21(25)22(11-13-26-14-12-22)17-3-5-18(23)6-4-17/h3-10,16H,11-15H2,1-2H3,(H,24,25). The van der Waals surface area contributed by atoms with Crippen LogP contribution in [0.3, 0.4) is 0 Å². The number of carbonyl (C=O) groups is 1. The second-order valence-electron chi connectivity index (χ2n) is 7.38. The SMILES string of the molecule is CC(C)COc1ccc(NC(=O)C2(c3ccc(F)cc3)CCOCC2)cc1. The second-order valence-corrected chi connectivity index (χ2v) is 7.38. The molecule has 1 aliphatic heterocycles. The zero-order chi connectivity index (χ0) is 19.3. The Balaban J connectivity index is 1.76. The maximum atomic E-state index is 13.3. The minimum absolute atomic E-state index is 0.0896. The Bertz CT molecular complexity index is 750. The van der Waals surface area contributed by atoms with Gasteiger partial charge in [0.1, 0.15) is 11.6 Å². The highest BCUT2D eigenvalue weighted by Crippen LogP contribution is 2.36. The van der Waals surface area contributed by atoms with Crippen molar-refractivity contribution in [3.8, 4) is 5.75 Å². The number of amides is 1. The van der Waals surface area contributed by atoms with Crippen LogP contribution in [0, 0.1) is 11.7 Å². The third kappa shape index (κ3) is 4.66. The summed E-state index contributed by atoms with van der Waals surface area (Å²) in [5.74, 6) is 0.834. The molecule has 1 amide bonds. The molecule has 0 radical (unpaired) electrons. The van der Waals surface area contributed by atoms with Crippen molar-refractivity contribution in [1.29, 1.82) is 0 Å². The predicted octanol–water partition coefficient (Wildman–Crippen LogP) is 4.55. The first-order valence-electron chi connectivity index (χ1n) is 9.38. The number of rotatable bonds is 6. The molecule has 3 rings (SSSR count). The highest BCUT2D eigenvalue weighted by molar-refractivity contribution is 5.99. The smallest absolute Gasteiger partial charge is 0.235 e. The lowest BCUT2D eigenvalue weighted by Gasteiger charge is -2.36. The van der Waals surface area contributed by atoms with Gasteiger partial charge in [0, 0.05) is 18.9 Å². The molecule has 0 aromatic heterocycles. The largest absolute Gasteiger partial charge is 0.493 e. The molecule has 1 N–H and O–H groups in total. The summed E-state index contributed by atoms with van der Waals surface area (Å²) in [5.41, 5.74) is 0.824. The topological polar surface area (TPSA) is 47.6 Å². The molecule has 2 aromatic rings. The number of benzene rings is 2. The third-order valence-corrected chi connectivity index (χ3v) is 4.87. The maximum Gasteiger partial charge on any atom is 0.235 e. The molecule has 1 fully saturated rings. The van der Waals surface area contributed by atoms with Crippen molar-refractivity contribution < 1.29 is 18.7 Å². The number of anilines is 1. The minimum atomic E-state index is -0.710. The fraction of sp³-hybridized carbons (Fsp3) is 0.409. The van der Waals surface area contributed by atoms with Crippen LogP contribution < -0.4 is 10.1 Å². The van der Waals surface area contributed by atoms with E-state index < -0.39 is 5.41 Å². The maximum absolute atomic E-state index is 13.3. The van der Waals surface area contributed by atoms with Crippen molar-refractivity contribution in [3.63, 3.8) is 0 Å². The van der Waals surface area contributed by atoms with Crippen molar-refractivity contribution in [3.05, 3.63) is 59.9 Å². The first-order chi connectivity index (χ1) is 13.0. The van der Waals surface area contributed by atoms with Crippen molar-refractivity contribution in [1.82, 2.24) is 0 Å². The van der Waals surface area contributed by atoms with Crippen molar-refractivity contribution in [2.75, 3.05) is 25.1 Å². The van der Waals surface area contributed by atoms with Crippen LogP contribution in [0.2, 0.25) is 0 Å². The molecule has 0 atom stereocenters. The molecular formula is C22H26FNO3. The van der Waals surface area contributed by atoms with E-state index in [0.29, 0.717) is 44.3 Å². The van der Waals surface area contributed by atoms with Gasteiger partial charge in [-0.2, -0.15) is 0 Å². The van der Waals surface area contributed by atoms with E-state index in [0.717, 1.165) is 11.3 Å². The number of nitrogens with one attached hydrogen (secondary N) is 1. The number of ether oxygens (including phenoxy) is 2. The average Bonchev–Trinajstić information content (AvgIpc) is 2.68. The van der Waals surface area contributed by atoms with E-state index in [1.165, 1.54) is 12.1 Å². The molecule has 0 saturated carbocycles. The van der Waals surface area contributed by atoms with Crippen LogP contribution in [0.4, 0.5) is 10.1 Å². The van der Waals surface area contributed by atoms with Crippen LogP contribution in [0.5, 0.6) is 5.75 Å². The number of halogens is 1. The quantitative estimate of drug-likeness (QED) is 0.810. The van der Waals surface area contributed by atoms with Gasteiger partial charge >= 0.3 is 0 Å². The third-order valence-electron chi connectivity index (χ3n) is 4.87. The zero-order valence-corrected chi connectivity index (χ0v) is 15.8. The van der Waals surface area contributed by atoms with Crippen LogP contribution in [0.15, 0.2) is 48.5 Å². The fourth-order valence-electron chi connectivity index (χ4n) is 3.28. The molecule has 144 valence electrons. The van der Waals surface area contributed by atoms with E-state index in [9.17, 15) is 9.18 Å². The van der Waals surface area contributed by atoms with E-state index in [1.807, 2.05) is 24.3 Å². The molecule has 2 aromatic carbocycles. The van der Waals surface area contributed by atoms with Crippen LogP contribution >= 0.6 is 0 Å². The Hall–Kier alpha value is -2.40. The van der Waals surface area contributed by atoms with Crippen LogP contribution in [0.1, 0.15) is 32.3 Å². The molecule has 0 spiro atoms. The normalized spacial score (nSPS) is 16.1. The van der Waals surface area contributed by atoms with E-state index in [1.54, 1.807) is 12.1 Å². The van der Waals surface area contributed by atoms with Gasteiger partial charge in [0.2, 0.25) is 5.91 Å². The van der Waals surface area contributed by atoms with E-state index in [4.69, 9.17) is 9.47 Å². The lowest BCUT2D eigenvalue weighted by Crippen LogP contribution is -2.44. The Morgan fingerprint density at radius 1 is 1.11 bits per heavy atom. The summed E-state index contributed by atoms with van der Waals surface area (Å²) in [5, 5.41) is 3.01. The van der Waals surface area contributed by atoms with Crippen molar-refractivity contribution in [2.45, 2.75) is 32.1 Å². The summed E-state index contributed by atoms with van der Waals surface area (Å²) >= 11 is 0. The van der Waals surface area contributed by atoms with E-state index in [-0.39, 0.29) is 11.7 Å². The second kappa shape index (κ2) is 8.53. The molecule has 0 aliphatic carbocycles. The highest BCUT2D eigenvalue weighted by atomic mass is 19.1. The lowest BCUT2D eigenvalue weighted by molar-refractivity contribution is -0.125. The van der Waals surface area contributed by atoms with Gasteiger partial charge in [-0.15, -0.1) is 0 Å². The monoisotopic (exact) mass is 371 g/mol. The van der Waals surface area contributed by atoms with Crippen LogP contribution in [0.25, 0.3) is 0 Å². The molecule has 1 aliphatic rings. The summed E-state index contributed by atoms with van der Waals surface area (Å²) < 4.78 is 24.5. The molecule has 27 heavy (non-hydrogen) atoms. The Kier molecular flexibility index (Phi) is 6.11. The Morgan fingerprint density at radius 2 is 1.74 bits per heavy atom. The van der Waals surface area contributed by atoms with Gasteiger partial charge in [0.25, 0.3) is 0 Å². The zero-order valence-electron chi connectivity index (χ0n) is 15.8. The molecule has 1 saturated heterocycles. The molecule has 0 bridgehead atoms. The molecule has 0 unspecified atom stereocenters. The predicted molar refractivity (Wildman–Crippen MR) is 104 cm³/mol. The summed E-state index contributed by atoms with van der Waals surface area (Å²) in [4.78, 5) is 13.2. The van der Waals surface area contributed by atoms with Crippen LogP contribution in [-0.2, 0) is 14.9 Å². The number of hydrogen-bond donors (Lipinski definition) is 1. The fourth-order valence-corrected chi connectivity index (χ4v) is 3.28. The summed E-state index contributed by atoms with van der Waals surface area (Å²) in [6, 6.07) is 13.6. The lowest BCUT2D eigenvalue weighted by atomic mass is 9.73. The van der Waals surface area contributed by atoms with Gasteiger partial charge in [-0.25, -0.2) is 4.39 Å². The summed E-state index contributed by atoms with van der Waals surface area (Å²) in [7, 11) is 0.